The zero-order valence-electron chi connectivity index (χ0n) is 12.3. The summed E-state index contributed by atoms with van der Waals surface area (Å²) in [6.07, 6.45) is 0. The van der Waals surface area contributed by atoms with Crippen LogP contribution in [0.3, 0.4) is 0 Å². The van der Waals surface area contributed by atoms with Gasteiger partial charge in [0.2, 0.25) is 0 Å². The van der Waals surface area contributed by atoms with Crippen LogP contribution in [0, 0.1) is 0 Å². The van der Waals surface area contributed by atoms with Crippen molar-refractivity contribution >= 4 is 27.3 Å². The molecule has 0 bridgehead atoms. The van der Waals surface area contributed by atoms with Crippen LogP contribution in [0.5, 0.6) is 5.75 Å². The number of benzene rings is 4. The Bertz CT molecular complexity index is 977. The topological polar surface area (TPSA) is 37.0 Å². The first-order chi connectivity index (χ1) is 11.3. The smallest absolute Gasteiger partial charge is 0.194 e. The minimum atomic E-state index is -0.0574. The highest BCUT2D eigenvalue weighted by molar-refractivity contribution is 6.26. The molecule has 2 heteroatoms. The van der Waals surface area contributed by atoms with Crippen LogP contribution >= 0.6 is 0 Å². The molecular formula is C21H13O2. The van der Waals surface area contributed by atoms with E-state index < -0.39 is 0 Å². The number of fused-ring (bicyclic) bond motifs is 2. The van der Waals surface area contributed by atoms with Crippen molar-refractivity contribution in [1.29, 1.82) is 0 Å². The molecule has 0 aromatic heterocycles. The van der Waals surface area contributed by atoms with E-state index in [0.717, 1.165) is 0 Å². The Kier molecular flexibility index (Phi) is 3.09. The van der Waals surface area contributed by atoms with Crippen molar-refractivity contribution in [2.75, 3.05) is 0 Å². The average molecular weight is 297 g/mol. The highest BCUT2D eigenvalue weighted by Crippen LogP contribution is 2.38. The molecule has 4 aromatic rings. The molecule has 0 N–H and O–H groups in total. The van der Waals surface area contributed by atoms with Crippen molar-refractivity contribution in [2.45, 2.75) is 0 Å². The van der Waals surface area contributed by atoms with Crippen molar-refractivity contribution in [3.8, 4) is 5.75 Å². The van der Waals surface area contributed by atoms with E-state index in [4.69, 9.17) is 0 Å². The monoisotopic (exact) mass is 297 g/mol. The Morgan fingerprint density at radius 2 is 1.00 bits per heavy atom. The van der Waals surface area contributed by atoms with Gasteiger partial charge in [0, 0.05) is 21.9 Å². The molecule has 0 aliphatic heterocycles. The van der Waals surface area contributed by atoms with E-state index >= 15 is 0 Å². The molecule has 0 saturated carbocycles. The molecule has 0 aliphatic carbocycles. The van der Waals surface area contributed by atoms with E-state index in [-0.39, 0.29) is 11.5 Å². The summed E-state index contributed by atoms with van der Waals surface area (Å²) in [4.78, 5) is 13.1. The lowest BCUT2D eigenvalue weighted by molar-refractivity contribution is 0.104. The molecule has 4 aromatic carbocycles. The largest absolute Gasteiger partial charge is 0.289 e. The Morgan fingerprint density at radius 1 is 0.565 bits per heavy atom. The van der Waals surface area contributed by atoms with Gasteiger partial charge < -0.3 is 0 Å². The summed E-state index contributed by atoms with van der Waals surface area (Å²) < 4.78 is 0. The van der Waals surface area contributed by atoms with Gasteiger partial charge in [0.05, 0.1) is 0 Å². The van der Waals surface area contributed by atoms with E-state index in [9.17, 15) is 9.90 Å². The maximum absolute atomic E-state index is 13.1. The zero-order valence-corrected chi connectivity index (χ0v) is 12.3. The van der Waals surface area contributed by atoms with Crippen LogP contribution in [0.25, 0.3) is 21.5 Å². The van der Waals surface area contributed by atoms with Gasteiger partial charge in [-0.15, -0.1) is 0 Å². The molecule has 0 saturated heterocycles. The van der Waals surface area contributed by atoms with Gasteiger partial charge >= 0.3 is 0 Å². The molecule has 2 nitrogen and oxygen atoms in total. The molecule has 109 valence electrons. The quantitative estimate of drug-likeness (QED) is 0.362. The van der Waals surface area contributed by atoms with Gasteiger partial charge in [-0.25, -0.2) is 0 Å². The molecule has 4 rings (SSSR count). The molecule has 0 atom stereocenters. The number of rotatable bonds is 2. The predicted molar refractivity (Wildman–Crippen MR) is 91.5 cm³/mol. The molecule has 23 heavy (non-hydrogen) atoms. The van der Waals surface area contributed by atoms with Crippen LogP contribution in [0.4, 0.5) is 0 Å². The van der Waals surface area contributed by atoms with Crippen molar-refractivity contribution in [3.05, 3.63) is 90.0 Å². The minimum Gasteiger partial charge on any atom is -0.289 e. The predicted octanol–water partition coefficient (Wildman–Crippen LogP) is 5.37. The first-order valence-electron chi connectivity index (χ1n) is 7.47. The second kappa shape index (κ2) is 5.25. The van der Waals surface area contributed by atoms with Gasteiger partial charge in [-0.2, -0.15) is 0 Å². The summed E-state index contributed by atoms with van der Waals surface area (Å²) in [5.41, 5.74) is 1.23. The number of hydrogen-bond acceptors (Lipinski definition) is 1. The normalized spacial score (nSPS) is 11.0. The number of carbonyl (C=O) groups excluding carboxylic acids is 1. The first-order valence-corrected chi connectivity index (χ1v) is 7.47. The molecule has 0 unspecified atom stereocenters. The summed E-state index contributed by atoms with van der Waals surface area (Å²) in [7, 11) is 0. The SMILES string of the molecule is [O]c1c2ccccc2c(C(=O)c2ccccc2)c2ccccc12. The summed E-state index contributed by atoms with van der Waals surface area (Å²) in [5.74, 6) is -0.0844. The summed E-state index contributed by atoms with van der Waals surface area (Å²) >= 11 is 0. The van der Waals surface area contributed by atoms with E-state index in [1.165, 1.54) is 0 Å². The maximum atomic E-state index is 13.1. The van der Waals surface area contributed by atoms with Gasteiger partial charge in [-0.3, -0.25) is 9.90 Å². The molecule has 0 fully saturated rings. The summed E-state index contributed by atoms with van der Waals surface area (Å²) in [6.45, 7) is 0. The van der Waals surface area contributed by atoms with Gasteiger partial charge in [-0.1, -0.05) is 78.9 Å². The van der Waals surface area contributed by atoms with Gasteiger partial charge in [0.15, 0.2) is 11.5 Å². The Balaban J connectivity index is 2.15. The summed E-state index contributed by atoms with van der Waals surface area (Å²) in [5, 5.41) is 15.3. The molecular weight excluding hydrogens is 284 g/mol. The molecule has 0 aliphatic rings. The molecule has 0 heterocycles. The lowest BCUT2D eigenvalue weighted by Crippen LogP contribution is -2.03. The number of hydrogen-bond donors (Lipinski definition) is 0. The van der Waals surface area contributed by atoms with Crippen molar-refractivity contribution in [1.82, 2.24) is 0 Å². The third kappa shape index (κ3) is 2.08. The molecule has 0 amide bonds. The van der Waals surface area contributed by atoms with Crippen LogP contribution < -0.4 is 0 Å². The fourth-order valence-corrected chi connectivity index (χ4v) is 3.07. The van der Waals surface area contributed by atoms with Crippen LogP contribution in [0.2, 0.25) is 0 Å². The van der Waals surface area contributed by atoms with Crippen LogP contribution in [0.1, 0.15) is 15.9 Å². The van der Waals surface area contributed by atoms with Crippen molar-refractivity contribution in [2.24, 2.45) is 0 Å². The van der Waals surface area contributed by atoms with Gasteiger partial charge in [-0.05, 0) is 10.8 Å². The third-order valence-electron chi connectivity index (χ3n) is 4.15. The Hall–Kier alpha value is -3.13. The minimum absolute atomic E-state index is 0.0270. The lowest BCUT2D eigenvalue weighted by Gasteiger charge is -2.11. The summed E-state index contributed by atoms with van der Waals surface area (Å²) in [6, 6.07) is 23.8. The van der Waals surface area contributed by atoms with Crippen molar-refractivity contribution in [3.63, 3.8) is 0 Å². The van der Waals surface area contributed by atoms with Crippen LogP contribution in [-0.2, 0) is 5.11 Å². The lowest BCUT2D eigenvalue weighted by atomic mass is 9.91. The van der Waals surface area contributed by atoms with Crippen LogP contribution in [0.15, 0.2) is 78.9 Å². The molecule has 1 radical (unpaired) electrons. The second-order valence-corrected chi connectivity index (χ2v) is 5.49. The van der Waals surface area contributed by atoms with E-state index in [1.54, 1.807) is 24.3 Å². The third-order valence-corrected chi connectivity index (χ3v) is 4.15. The second-order valence-electron chi connectivity index (χ2n) is 5.49. The van der Waals surface area contributed by atoms with E-state index in [2.05, 4.69) is 0 Å². The first kappa shape index (κ1) is 13.5. The van der Waals surface area contributed by atoms with Gasteiger partial charge in [0.1, 0.15) is 0 Å². The van der Waals surface area contributed by atoms with Gasteiger partial charge in [0.25, 0.3) is 0 Å². The van der Waals surface area contributed by atoms with E-state index in [1.807, 2.05) is 54.6 Å². The standard InChI is InChI=1S/C21H13O2/c22-20(14-8-2-1-3-9-14)19-15-10-4-6-12-17(15)21(23)18-13-7-5-11-16(18)19/h1-13H. The highest BCUT2D eigenvalue weighted by Gasteiger charge is 2.19. The van der Waals surface area contributed by atoms with Crippen molar-refractivity contribution < 1.29 is 9.90 Å². The number of ketones is 1. The zero-order chi connectivity index (χ0) is 15.8. The van der Waals surface area contributed by atoms with Crippen LogP contribution in [-0.4, -0.2) is 5.78 Å². The highest BCUT2D eigenvalue weighted by atomic mass is 16.3. The Morgan fingerprint density at radius 3 is 1.52 bits per heavy atom. The Labute approximate surface area is 133 Å². The average Bonchev–Trinajstić information content (AvgIpc) is 2.63. The fraction of sp³-hybridized carbons (Fsp3) is 0. The molecule has 0 spiro atoms. The maximum Gasteiger partial charge on any atom is 0.194 e. The fourth-order valence-electron chi connectivity index (χ4n) is 3.07. The number of carbonyl (C=O) groups is 1. The van der Waals surface area contributed by atoms with E-state index in [0.29, 0.717) is 32.7 Å².